The Labute approximate surface area is 268 Å². The fraction of sp³-hybridized carbons (Fsp3) is 0.243. The van der Waals surface area contributed by atoms with Crippen LogP contribution in [0.25, 0.3) is 44.5 Å². The van der Waals surface area contributed by atoms with Crippen LogP contribution >= 0.6 is 0 Å². The van der Waals surface area contributed by atoms with E-state index in [0.29, 0.717) is 5.92 Å². The van der Waals surface area contributed by atoms with Gasteiger partial charge in [-0.05, 0) is 54.2 Å². The number of hydrogen-bond acceptors (Lipinski definition) is 3. The molecular formula is C37H36IrN2OSi-2. The number of nitrogens with zero attached hydrogens (tertiary/aromatic N) is 2. The van der Waals surface area contributed by atoms with Crippen LogP contribution in [0.4, 0.5) is 0 Å². The van der Waals surface area contributed by atoms with E-state index in [1.54, 1.807) is 18.2 Å². The molecule has 1 aliphatic rings. The number of fused-ring (bicyclic) bond motifs is 3. The summed E-state index contributed by atoms with van der Waals surface area (Å²) in [6.45, 7) is 5.01. The normalized spacial score (nSPS) is 14.9. The fourth-order valence-electron chi connectivity index (χ4n) is 5.56. The average molecular weight is 748 g/mol. The molecule has 0 spiro atoms. The Bertz CT molecular complexity index is 1870. The van der Waals surface area contributed by atoms with E-state index in [9.17, 15) is 0 Å². The van der Waals surface area contributed by atoms with Crippen LogP contribution < -0.4 is 5.19 Å². The van der Waals surface area contributed by atoms with Crippen molar-refractivity contribution >= 4 is 35.2 Å². The molecule has 7 rings (SSSR count). The summed E-state index contributed by atoms with van der Waals surface area (Å²) >= 11 is 0. The van der Waals surface area contributed by atoms with Gasteiger partial charge >= 0.3 is 0 Å². The molecule has 3 aromatic carbocycles. The van der Waals surface area contributed by atoms with Crippen LogP contribution in [0, 0.1) is 19.0 Å². The summed E-state index contributed by atoms with van der Waals surface area (Å²) in [7, 11) is -1.38. The number of benzene rings is 3. The van der Waals surface area contributed by atoms with Gasteiger partial charge in [-0.25, -0.2) is 0 Å². The van der Waals surface area contributed by atoms with E-state index in [1.807, 2.05) is 24.3 Å². The number of rotatable bonds is 4. The SMILES string of the molecule is C[Si](C)(C)c1ccc2c(c1)oc1c(-c3ccc(C4CCCC4)cn3)[c-]ccc12.[2H]C([2H])([2H])c1ccc(-c2[c-]cccc2)nc1.[Ir]. The topological polar surface area (TPSA) is 38.9 Å². The number of pyridine rings is 2. The van der Waals surface area contributed by atoms with Crippen molar-refractivity contribution < 1.29 is 28.6 Å². The van der Waals surface area contributed by atoms with E-state index < -0.39 is 14.9 Å². The van der Waals surface area contributed by atoms with Crippen LogP contribution in [0.5, 0.6) is 0 Å². The molecular weight excluding hydrogens is 709 g/mol. The van der Waals surface area contributed by atoms with Gasteiger partial charge in [0.15, 0.2) is 0 Å². The summed E-state index contributed by atoms with van der Waals surface area (Å²) in [5.41, 5.74) is 6.99. The molecule has 1 fully saturated rings. The molecule has 0 unspecified atom stereocenters. The van der Waals surface area contributed by atoms with Crippen LogP contribution in [-0.4, -0.2) is 18.0 Å². The molecule has 1 radical (unpaired) electrons. The molecule has 215 valence electrons. The zero-order valence-corrected chi connectivity index (χ0v) is 27.6. The molecule has 1 aliphatic carbocycles. The molecule has 0 N–H and O–H groups in total. The number of aryl methyl sites for hydroxylation is 1. The molecule has 3 nitrogen and oxygen atoms in total. The van der Waals surface area contributed by atoms with Crippen molar-refractivity contribution in [1.82, 2.24) is 9.97 Å². The fourth-order valence-corrected chi connectivity index (χ4v) is 6.71. The van der Waals surface area contributed by atoms with Gasteiger partial charge in [0.1, 0.15) is 5.58 Å². The maximum atomic E-state index is 7.23. The Morgan fingerprint density at radius 3 is 2.31 bits per heavy atom. The Kier molecular flexibility index (Phi) is 8.05. The van der Waals surface area contributed by atoms with Gasteiger partial charge in [0.25, 0.3) is 0 Å². The predicted octanol–water partition coefficient (Wildman–Crippen LogP) is 9.51. The average Bonchev–Trinajstić information content (AvgIpc) is 3.70. The third-order valence-corrected chi connectivity index (χ3v) is 9.96. The summed E-state index contributed by atoms with van der Waals surface area (Å²) < 4.78 is 28.1. The van der Waals surface area contributed by atoms with Gasteiger partial charge in [0.05, 0.1) is 13.7 Å². The Hall–Kier alpha value is -3.37. The molecule has 5 heteroatoms. The second-order valence-corrected chi connectivity index (χ2v) is 16.9. The van der Waals surface area contributed by atoms with Crippen molar-refractivity contribution in [3.8, 4) is 22.5 Å². The van der Waals surface area contributed by atoms with Crippen molar-refractivity contribution in [3.05, 3.63) is 115 Å². The van der Waals surface area contributed by atoms with E-state index in [1.165, 1.54) is 48.0 Å². The van der Waals surface area contributed by atoms with Crippen LogP contribution in [0.2, 0.25) is 19.6 Å². The summed E-state index contributed by atoms with van der Waals surface area (Å²) in [6, 6.07) is 32.4. The first kappa shape index (κ1) is 26.3. The first-order valence-electron chi connectivity index (χ1n) is 15.9. The maximum Gasteiger partial charge on any atom is 0.120 e. The second kappa shape index (κ2) is 12.9. The molecule has 6 aromatic rings. The minimum Gasteiger partial charge on any atom is -0.501 e. The van der Waals surface area contributed by atoms with Crippen molar-refractivity contribution in [1.29, 1.82) is 0 Å². The minimum atomic E-state index is -2.09. The second-order valence-electron chi connectivity index (χ2n) is 11.8. The summed E-state index contributed by atoms with van der Waals surface area (Å²) in [6.07, 6.45) is 8.74. The van der Waals surface area contributed by atoms with Crippen LogP contribution in [0.1, 0.15) is 46.8 Å². The Morgan fingerprint density at radius 1 is 0.833 bits per heavy atom. The smallest absolute Gasteiger partial charge is 0.120 e. The molecule has 0 atom stereocenters. The summed E-state index contributed by atoms with van der Waals surface area (Å²) in [4.78, 5) is 8.91. The molecule has 3 heterocycles. The third kappa shape index (κ3) is 6.49. The van der Waals surface area contributed by atoms with Crippen molar-refractivity contribution in [2.75, 3.05) is 0 Å². The molecule has 0 amide bonds. The van der Waals surface area contributed by atoms with Gasteiger partial charge < -0.3 is 14.4 Å². The molecule has 42 heavy (non-hydrogen) atoms. The zero-order valence-electron chi connectivity index (χ0n) is 27.2. The van der Waals surface area contributed by atoms with Crippen molar-refractivity contribution in [2.24, 2.45) is 0 Å². The quantitative estimate of drug-likeness (QED) is 0.133. The van der Waals surface area contributed by atoms with Gasteiger partial charge in [-0.3, -0.25) is 0 Å². The minimum absolute atomic E-state index is 0. The molecule has 0 saturated heterocycles. The third-order valence-electron chi connectivity index (χ3n) is 7.92. The zero-order chi connectivity index (χ0) is 30.9. The summed E-state index contributed by atoms with van der Waals surface area (Å²) in [5.74, 6) is 0.688. The maximum absolute atomic E-state index is 7.23. The van der Waals surface area contributed by atoms with Crippen LogP contribution in [-0.2, 0) is 20.1 Å². The molecule has 1 saturated carbocycles. The molecule has 0 bridgehead atoms. The first-order chi connectivity index (χ1) is 21.1. The number of furan rings is 1. The van der Waals surface area contributed by atoms with Crippen LogP contribution in [0.3, 0.4) is 0 Å². The van der Waals surface area contributed by atoms with Gasteiger partial charge in [-0.1, -0.05) is 85.0 Å². The van der Waals surface area contributed by atoms with Gasteiger partial charge in [0, 0.05) is 42.0 Å². The number of hydrogen-bond donors (Lipinski definition) is 0. The predicted molar refractivity (Wildman–Crippen MR) is 173 cm³/mol. The first-order valence-corrected chi connectivity index (χ1v) is 17.9. The molecule has 0 aliphatic heterocycles. The van der Waals surface area contributed by atoms with Crippen LogP contribution in [0.15, 0.2) is 95.7 Å². The van der Waals surface area contributed by atoms with Gasteiger partial charge in [0.2, 0.25) is 0 Å². The van der Waals surface area contributed by atoms with E-state index in [2.05, 4.69) is 79.4 Å². The van der Waals surface area contributed by atoms with Crippen molar-refractivity contribution in [3.63, 3.8) is 0 Å². The Balaban J connectivity index is 0.000000202. The van der Waals surface area contributed by atoms with E-state index in [0.717, 1.165) is 39.1 Å². The van der Waals surface area contributed by atoms with Crippen molar-refractivity contribution in [2.45, 2.75) is 58.1 Å². The van der Waals surface area contributed by atoms with E-state index in [-0.39, 0.29) is 25.7 Å². The van der Waals surface area contributed by atoms with E-state index >= 15 is 0 Å². The monoisotopic (exact) mass is 748 g/mol. The van der Waals surface area contributed by atoms with Gasteiger partial charge in [-0.2, -0.15) is 0 Å². The van der Waals surface area contributed by atoms with Gasteiger partial charge in [-0.15, -0.1) is 54.1 Å². The summed E-state index contributed by atoms with van der Waals surface area (Å²) in [5, 5.41) is 3.74. The number of aromatic nitrogens is 2. The molecule has 3 aromatic heterocycles. The standard InChI is InChI=1S/C25H26NOSi.C12H10N.Ir/c1-28(2,3)19-12-13-20-21-9-6-10-22(25(21)27-24(20)15-19)23-14-11-18(16-26-23)17-7-4-5-8-17;1-10-7-8-12(13-9-10)11-5-3-2-4-6-11;/h6,9,11-17H,4-5,7-8H2,1-3H3;2-5,7-9H,1H3;/q2*-1;/i;1D3;. The van der Waals surface area contributed by atoms with E-state index in [4.69, 9.17) is 13.5 Å². The largest absolute Gasteiger partial charge is 0.501 e. The Morgan fingerprint density at radius 2 is 1.64 bits per heavy atom.